The SMILES string of the molecule is CC=Cc1cccc(CC2CC2)c1. The topological polar surface area (TPSA) is 0 Å². The fourth-order valence-corrected chi connectivity index (χ4v) is 1.67. The van der Waals surface area contributed by atoms with Gasteiger partial charge in [0.25, 0.3) is 0 Å². The molecule has 1 aromatic rings. The molecule has 1 aliphatic rings. The van der Waals surface area contributed by atoms with Gasteiger partial charge in [-0.1, -0.05) is 36.4 Å². The van der Waals surface area contributed by atoms with Crippen molar-refractivity contribution in [2.45, 2.75) is 26.2 Å². The Labute approximate surface area is 80.3 Å². The van der Waals surface area contributed by atoms with Gasteiger partial charge in [0.2, 0.25) is 0 Å². The molecule has 0 unspecified atom stereocenters. The second kappa shape index (κ2) is 3.78. The van der Waals surface area contributed by atoms with Crippen LogP contribution < -0.4 is 0 Å². The van der Waals surface area contributed by atoms with E-state index in [4.69, 9.17) is 0 Å². The summed E-state index contributed by atoms with van der Waals surface area (Å²) in [4.78, 5) is 0. The van der Waals surface area contributed by atoms with Gasteiger partial charge in [-0.05, 0) is 43.2 Å². The molecule has 1 saturated carbocycles. The maximum Gasteiger partial charge on any atom is -0.0250 e. The van der Waals surface area contributed by atoms with Crippen LogP contribution in [-0.2, 0) is 6.42 Å². The van der Waals surface area contributed by atoms with E-state index in [9.17, 15) is 0 Å². The molecule has 2 rings (SSSR count). The van der Waals surface area contributed by atoms with Crippen LogP contribution in [0, 0.1) is 5.92 Å². The third-order valence-electron chi connectivity index (χ3n) is 2.53. The summed E-state index contributed by atoms with van der Waals surface area (Å²) in [6, 6.07) is 8.87. The van der Waals surface area contributed by atoms with Gasteiger partial charge in [0.15, 0.2) is 0 Å². The summed E-state index contributed by atoms with van der Waals surface area (Å²) in [5, 5.41) is 0. The van der Waals surface area contributed by atoms with Gasteiger partial charge in [-0.2, -0.15) is 0 Å². The fraction of sp³-hybridized carbons (Fsp3) is 0.385. The minimum Gasteiger partial charge on any atom is -0.0871 e. The minimum atomic E-state index is 0.987. The molecule has 0 spiro atoms. The summed E-state index contributed by atoms with van der Waals surface area (Å²) in [6.07, 6.45) is 8.42. The molecule has 0 atom stereocenters. The lowest BCUT2D eigenvalue weighted by atomic mass is 10.1. The van der Waals surface area contributed by atoms with Gasteiger partial charge in [0.1, 0.15) is 0 Å². The van der Waals surface area contributed by atoms with Crippen LogP contribution in [0.25, 0.3) is 6.08 Å². The van der Waals surface area contributed by atoms with Gasteiger partial charge in [0, 0.05) is 0 Å². The molecule has 13 heavy (non-hydrogen) atoms. The van der Waals surface area contributed by atoms with Crippen molar-refractivity contribution >= 4 is 6.08 Å². The molecule has 0 heterocycles. The lowest BCUT2D eigenvalue weighted by Gasteiger charge is -2.00. The average molecular weight is 172 g/mol. The monoisotopic (exact) mass is 172 g/mol. The number of hydrogen-bond donors (Lipinski definition) is 0. The van der Waals surface area contributed by atoms with Gasteiger partial charge in [-0.25, -0.2) is 0 Å². The Balaban J connectivity index is 2.11. The Hall–Kier alpha value is -1.04. The Kier molecular flexibility index (Phi) is 2.49. The van der Waals surface area contributed by atoms with Crippen LogP contribution in [0.3, 0.4) is 0 Å². The maximum absolute atomic E-state index is 2.30. The smallest absolute Gasteiger partial charge is 0.0250 e. The third-order valence-corrected chi connectivity index (χ3v) is 2.53. The van der Waals surface area contributed by atoms with Crippen molar-refractivity contribution in [2.24, 2.45) is 5.92 Å². The number of hydrogen-bond acceptors (Lipinski definition) is 0. The summed E-state index contributed by atoms with van der Waals surface area (Å²) in [5.74, 6) is 0.987. The molecule has 1 fully saturated rings. The summed E-state index contributed by atoms with van der Waals surface area (Å²) in [6.45, 7) is 2.06. The number of allylic oxidation sites excluding steroid dienone is 1. The van der Waals surface area contributed by atoms with Crippen LogP contribution in [0.5, 0.6) is 0 Å². The van der Waals surface area contributed by atoms with E-state index in [1.807, 2.05) is 0 Å². The second-order valence-corrected chi connectivity index (χ2v) is 3.89. The summed E-state index contributed by atoms with van der Waals surface area (Å²) >= 11 is 0. The van der Waals surface area contributed by atoms with Crippen LogP contribution in [0.1, 0.15) is 30.9 Å². The molecule has 0 amide bonds. The van der Waals surface area contributed by atoms with Crippen molar-refractivity contribution in [1.29, 1.82) is 0 Å². The molecule has 1 aromatic carbocycles. The molecular weight excluding hydrogens is 156 g/mol. The molecule has 0 saturated heterocycles. The zero-order valence-electron chi connectivity index (χ0n) is 8.16. The van der Waals surface area contributed by atoms with E-state index in [0.29, 0.717) is 0 Å². The number of rotatable bonds is 3. The van der Waals surface area contributed by atoms with Crippen LogP contribution in [0.4, 0.5) is 0 Å². The summed E-state index contributed by atoms with van der Waals surface area (Å²) in [5.41, 5.74) is 2.83. The molecule has 0 aromatic heterocycles. The first-order chi connectivity index (χ1) is 6.38. The zero-order chi connectivity index (χ0) is 9.10. The van der Waals surface area contributed by atoms with Gasteiger partial charge >= 0.3 is 0 Å². The van der Waals surface area contributed by atoms with Gasteiger partial charge in [-0.15, -0.1) is 0 Å². The van der Waals surface area contributed by atoms with Crippen LogP contribution in [-0.4, -0.2) is 0 Å². The highest BCUT2D eigenvalue weighted by Gasteiger charge is 2.21. The Morgan fingerprint density at radius 3 is 2.92 bits per heavy atom. The first-order valence-corrected chi connectivity index (χ1v) is 5.10. The summed E-state index contributed by atoms with van der Waals surface area (Å²) in [7, 11) is 0. The minimum absolute atomic E-state index is 0.987. The summed E-state index contributed by atoms with van der Waals surface area (Å²) < 4.78 is 0. The van der Waals surface area contributed by atoms with E-state index >= 15 is 0 Å². The molecule has 0 heteroatoms. The quantitative estimate of drug-likeness (QED) is 0.652. The first kappa shape index (κ1) is 8.55. The first-order valence-electron chi connectivity index (χ1n) is 5.10. The van der Waals surface area contributed by atoms with Crippen molar-refractivity contribution in [3.8, 4) is 0 Å². The Morgan fingerprint density at radius 2 is 2.23 bits per heavy atom. The van der Waals surface area contributed by atoms with Gasteiger partial charge in [0.05, 0.1) is 0 Å². The van der Waals surface area contributed by atoms with Crippen LogP contribution >= 0.6 is 0 Å². The molecule has 1 aliphatic carbocycles. The second-order valence-electron chi connectivity index (χ2n) is 3.89. The molecular formula is C13H16. The molecule has 0 nitrogen and oxygen atoms in total. The van der Waals surface area contributed by atoms with E-state index in [-0.39, 0.29) is 0 Å². The molecule has 0 bridgehead atoms. The highest BCUT2D eigenvalue weighted by Crippen LogP contribution is 2.32. The zero-order valence-corrected chi connectivity index (χ0v) is 8.16. The molecule has 0 aliphatic heterocycles. The number of benzene rings is 1. The van der Waals surface area contributed by atoms with Gasteiger partial charge < -0.3 is 0 Å². The van der Waals surface area contributed by atoms with Crippen LogP contribution in [0.15, 0.2) is 30.3 Å². The highest BCUT2D eigenvalue weighted by atomic mass is 14.3. The van der Waals surface area contributed by atoms with E-state index in [1.54, 1.807) is 0 Å². The van der Waals surface area contributed by atoms with Crippen LogP contribution in [0.2, 0.25) is 0 Å². The third kappa shape index (κ3) is 2.45. The fourth-order valence-electron chi connectivity index (χ4n) is 1.67. The Morgan fingerprint density at radius 1 is 1.38 bits per heavy atom. The van der Waals surface area contributed by atoms with Crippen molar-refractivity contribution < 1.29 is 0 Å². The van der Waals surface area contributed by atoms with Gasteiger partial charge in [-0.3, -0.25) is 0 Å². The van der Waals surface area contributed by atoms with E-state index in [1.165, 1.54) is 30.4 Å². The molecule has 0 N–H and O–H groups in total. The molecule has 0 radical (unpaired) electrons. The normalized spacial score (nSPS) is 16.7. The Bertz CT molecular complexity index is 306. The van der Waals surface area contributed by atoms with E-state index in [0.717, 1.165) is 5.92 Å². The van der Waals surface area contributed by atoms with Crippen molar-refractivity contribution in [3.05, 3.63) is 41.5 Å². The highest BCUT2D eigenvalue weighted by molar-refractivity contribution is 5.49. The maximum atomic E-state index is 2.30. The average Bonchev–Trinajstić information content (AvgIpc) is 2.90. The lowest BCUT2D eigenvalue weighted by Crippen LogP contribution is -1.86. The van der Waals surface area contributed by atoms with Crippen molar-refractivity contribution in [3.63, 3.8) is 0 Å². The van der Waals surface area contributed by atoms with E-state index < -0.39 is 0 Å². The predicted octanol–water partition coefficient (Wildman–Crippen LogP) is 3.67. The largest absolute Gasteiger partial charge is 0.0871 e. The van der Waals surface area contributed by atoms with Crippen molar-refractivity contribution in [2.75, 3.05) is 0 Å². The standard InChI is InChI=1S/C13H16/c1-2-4-11-5-3-6-13(9-11)10-12-7-8-12/h2-6,9,12H,7-8,10H2,1H3. The lowest BCUT2D eigenvalue weighted by molar-refractivity contribution is 0.832. The van der Waals surface area contributed by atoms with E-state index in [2.05, 4.69) is 43.3 Å². The van der Waals surface area contributed by atoms with Crippen molar-refractivity contribution in [1.82, 2.24) is 0 Å². The predicted molar refractivity (Wildman–Crippen MR) is 57.6 cm³/mol. The molecule has 68 valence electrons.